The van der Waals surface area contributed by atoms with Gasteiger partial charge in [-0.15, -0.1) is 0 Å². The predicted molar refractivity (Wildman–Crippen MR) is 57.4 cm³/mol. The lowest BCUT2D eigenvalue weighted by Crippen LogP contribution is -2.23. The van der Waals surface area contributed by atoms with E-state index in [1.165, 1.54) is 0 Å². The van der Waals surface area contributed by atoms with E-state index in [1.807, 2.05) is 6.92 Å². The highest BCUT2D eigenvalue weighted by molar-refractivity contribution is 5.72. The van der Waals surface area contributed by atoms with Gasteiger partial charge in [0.15, 0.2) is 0 Å². The summed E-state index contributed by atoms with van der Waals surface area (Å²) in [6.07, 6.45) is 6.63. The molecule has 0 unspecified atom stereocenters. The van der Waals surface area contributed by atoms with Crippen LogP contribution in [0.2, 0.25) is 0 Å². The van der Waals surface area contributed by atoms with Crippen LogP contribution < -0.4 is 0 Å². The summed E-state index contributed by atoms with van der Waals surface area (Å²) in [6, 6.07) is 0. The third kappa shape index (κ3) is 4.02. The van der Waals surface area contributed by atoms with Gasteiger partial charge in [-0.3, -0.25) is 4.79 Å². The molecular weight excluding hydrogens is 192 g/mol. The third-order valence-corrected chi connectivity index (χ3v) is 3.16. The highest BCUT2D eigenvalue weighted by Crippen LogP contribution is 2.31. The Morgan fingerprint density at radius 2 is 2.00 bits per heavy atom. The van der Waals surface area contributed by atoms with Gasteiger partial charge in [0.2, 0.25) is 0 Å². The van der Waals surface area contributed by atoms with E-state index in [-0.39, 0.29) is 11.9 Å². The molecule has 0 aromatic heterocycles. The van der Waals surface area contributed by atoms with Crippen molar-refractivity contribution in [2.24, 2.45) is 11.8 Å². The van der Waals surface area contributed by atoms with E-state index >= 15 is 0 Å². The van der Waals surface area contributed by atoms with Gasteiger partial charge in [-0.25, -0.2) is 0 Å². The third-order valence-electron chi connectivity index (χ3n) is 3.16. The van der Waals surface area contributed by atoms with Gasteiger partial charge in [0.05, 0.1) is 12.5 Å². The van der Waals surface area contributed by atoms with Gasteiger partial charge in [-0.2, -0.15) is 0 Å². The first-order valence-electron chi connectivity index (χ1n) is 5.88. The Hall–Kier alpha value is -0.860. The molecule has 0 aromatic rings. The quantitative estimate of drug-likeness (QED) is 0.519. The van der Waals surface area contributed by atoms with Gasteiger partial charge in [0, 0.05) is 6.42 Å². The summed E-state index contributed by atoms with van der Waals surface area (Å²) in [5.74, 6) is 0.713. The Balaban J connectivity index is 2.23. The topological polar surface area (TPSA) is 43.4 Å². The molecule has 1 aliphatic carbocycles. The number of esters is 1. The molecule has 0 N–H and O–H groups in total. The fourth-order valence-electron chi connectivity index (χ4n) is 2.25. The zero-order valence-corrected chi connectivity index (χ0v) is 9.41. The van der Waals surface area contributed by atoms with Crippen LogP contribution in [0, 0.1) is 11.8 Å². The first-order chi connectivity index (χ1) is 7.27. The van der Waals surface area contributed by atoms with Crippen molar-refractivity contribution in [1.29, 1.82) is 0 Å². The van der Waals surface area contributed by atoms with Crippen molar-refractivity contribution in [2.45, 2.75) is 45.4 Å². The van der Waals surface area contributed by atoms with Crippen LogP contribution in [0.5, 0.6) is 0 Å². The molecule has 0 saturated heterocycles. The van der Waals surface area contributed by atoms with Crippen LogP contribution in [0.4, 0.5) is 0 Å². The maximum absolute atomic E-state index is 11.4. The summed E-state index contributed by atoms with van der Waals surface area (Å²) in [5.41, 5.74) is 0. The molecule has 0 aliphatic heterocycles. The molecular formula is C12H20O3. The zero-order chi connectivity index (χ0) is 11.1. The van der Waals surface area contributed by atoms with Crippen molar-refractivity contribution in [3.8, 4) is 0 Å². The Labute approximate surface area is 91.2 Å². The molecule has 0 heterocycles. The van der Waals surface area contributed by atoms with E-state index in [2.05, 4.69) is 0 Å². The molecule has 86 valence electrons. The van der Waals surface area contributed by atoms with E-state index in [0.29, 0.717) is 18.9 Å². The highest BCUT2D eigenvalue weighted by atomic mass is 16.5. The Kier molecular flexibility index (Phi) is 5.37. The lowest BCUT2D eigenvalue weighted by molar-refractivity contribution is -0.149. The standard InChI is InChI=1S/C12H20O3/c1-2-15-12(14)11-7-5-10(6-8-11)4-3-9-13/h9-11H,2-8H2,1H3. The molecule has 0 atom stereocenters. The summed E-state index contributed by atoms with van der Waals surface area (Å²) in [4.78, 5) is 21.7. The second-order valence-electron chi connectivity index (χ2n) is 4.21. The van der Waals surface area contributed by atoms with Gasteiger partial charge in [-0.05, 0) is 44.9 Å². The Bertz CT molecular complexity index is 205. The fourth-order valence-corrected chi connectivity index (χ4v) is 2.25. The van der Waals surface area contributed by atoms with Crippen molar-refractivity contribution in [2.75, 3.05) is 6.61 Å². The minimum Gasteiger partial charge on any atom is -0.466 e. The van der Waals surface area contributed by atoms with Gasteiger partial charge >= 0.3 is 5.97 Å². The van der Waals surface area contributed by atoms with Crippen LogP contribution in [0.3, 0.4) is 0 Å². The average Bonchev–Trinajstić information content (AvgIpc) is 2.27. The average molecular weight is 212 g/mol. The van der Waals surface area contributed by atoms with Crippen LogP contribution in [0.25, 0.3) is 0 Å². The van der Waals surface area contributed by atoms with E-state index in [0.717, 1.165) is 38.4 Å². The number of aldehydes is 1. The van der Waals surface area contributed by atoms with Gasteiger partial charge in [0.25, 0.3) is 0 Å². The van der Waals surface area contributed by atoms with E-state index in [9.17, 15) is 9.59 Å². The molecule has 1 rings (SSSR count). The minimum atomic E-state index is -0.0358. The maximum atomic E-state index is 11.4. The monoisotopic (exact) mass is 212 g/mol. The molecule has 0 bridgehead atoms. The Morgan fingerprint density at radius 3 is 2.53 bits per heavy atom. The maximum Gasteiger partial charge on any atom is 0.308 e. The van der Waals surface area contributed by atoms with Crippen LogP contribution in [-0.2, 0) is 14.3 Å². The molecule has 0 aromatic carbocycles. The van der Waals surface area contributed by atoms with Crippen molar-refractivity contribution >= 4 is 12.3 Å². The number of ether oxygens (including phenoxy) is 1. The van der Waals surface area contributed by atoms with Crippen LogP contribution >= 0.6 is 0 Å². The normalized spacial score (nSPS) is 25.9. The predicted octanol–water partition coefficient (Wildman–Crippen LogP) is 2.33. The molecule has 0 spiro atoms. The largest absolute Gasteiger partial charge is 0.466 e. The summed E-state index contributed by atoms with van der Waals surface area (Å²) in [7, 11) is 0. The zero-order valence-electron chi connectivity index (χ0n) is 9.41. The summed E-state index contributed by atoms with van der Waals surface area (Å²) < 4.78 is 5.00. The smallest absolute Gasteiger partial charge is 0.308 e. The van der Waals surface area contributed by atoms with Crippen molar-refractivity contribution in [3.05, 3.63) is 0 Å². The van der Waals surface area contributed by atoms with Crippen molar-refractivity contribution in [3.63, 3.8) is 0 Å². The molecule has 0 amide bonds. The van der Waals surface area contributed by atoms with Crippen LogP contribution in [-0.4, -0.2) is 18.9 Å². The van der Waals surface area contributed by atoms with E-state index in [4.69, 9.17) is 4.74 Å². The molecule has 1 aliphatic rings. The van der Waals surface area contributed by atoms with Gasteiger partial charge in [0.1, 0.15) is 6.29 Å². The number of rotatable bonds is 5. The summed E-state index contributed by atoms with van der Waals surface area (Å²) >= 11 is 0. The molecule has 0 radical (unpaired) electrons. The van der Waals surface area contributed by atoms with E-state index < -0.39 is 0 Å². The number of hydrogen-bond acceptors (Lipinski definition) is 3. The van der Waals surface area contributed by atoms with Crippen molar-refractivity contribution < 1.29 is 14.3 Å². The number of carbonyl (C=O) groups excluding carboxylic acids is 2. The minimum absolute atomic E-state index is 0.0358. The first-order valence-corrected chi connectivity index (χ1v) is 5.88. The summed E-state index contributed by atoms with van der Waals surface area (Å²) in [5, 5.41) is 0. The fraction of sp³-hybridized carbons (Fsp3) is 0.833. The molecule has 15 heavy (non-hydrogen) atoms. The first kappa shape index (κ1) is 12.2. The van der Waals surface area contributed by atoms with Gasteiger partial charge < -0.3 is 9.53 Å². The lowest BCUT2D eigenvalue weighted by atomic mass is 9.80. The van der Waals surface area contributed by atoms with Crippen molar-refractivity contribution in [1.82, 2.24) is 0 Å². The summed E-state index contributed by atoms with van der Waals surface area (Å²) in [6.45, 7) is 2.32. The Morgan fingerprint density at radius 1 is 1.33 bits per heavy atom. The van der Waals surface area contributed by atoms with E-state index in [1.54, 1.807) is 0 Å². The lowest BCUT2D eigenvalue weighted by Gasteiger charge is -2.26. The SMILES string of the molecule is CCOC(=O)C1CCC(CCC=O)CC1. The number of hydrogen-bond donors (Lipinski definition) is 0. The number of carbonyl (C=O) groups is 2. The van der Waals surface area contributed by atoms with Crippen LogP contribution in [0.15, 0.2) is 0 Å². The van der Waals surface area contributed by atoms with Gasteiger partial charge in [-0.1, -0.05) is 0 Å². The highest BCUT2D eigenvalue weighted by Gasteiger charge is 2.26. The molecule has 1 saturated carbocycles. The van der Waals surface area contributed by atoms with Crippen LogP contribution in [0.1, 0.15) is 45.4 Å². The molecule has 3 heteroatoms. The second kappa shape index (κ2) is 6.59. The molecule has 1 fully saturated rings. The molecule has 3 nitrogen and oxygen atoms in total. The second-order valence-corrected chi connectivity index (χ2v) is 4.21.